The summed E-state index contributed by atoms with van der Waals surface area (Å²) in [6.45, 7) is 0.267. The van der Waals surface area contributed by atoms with E-state index in [9.17, 15) is 9.59 Å². The van der Waals surface area contributed by atoms with Crippen molar-refractivity contribution in [3.63, 3.8) is 0 Å². The highest BCUT2D eigenvalue weighted by Gasteiger charge is 2.49. The maximum Gasteiger partial charge on any atom is 0.407 e. The largest absolute Gasteiger partial charge is 0.480 e. The highest BCUT2D eigenvalue weighted by atomic mass is 16.5. The van der Waals surface area contributed by atoms with E-state index in [1.165, 1.54) is 0 Å². The normalized spacial score (nSPS) is 28.8. The Hall–Kier alpha value is -1.74. The molecule has 0 radical (unpaired) electrons. The number of nitrogens with one attached hydrogen (secondary N) is 1. The molecule has 4 N–H and O–H groups in total. The highest BCUT2D eigenvalue weighted by Crippen LogP contribution is 2.52. The molecule has 1 fully saturated rings. The van der Waals surface area contributed by atoms with Crippen LogP contribution in [0.1, 0.15) is 25.7 Å². The molecule has 110 valence electrons. The van der Waals surface area contributed by atoms with Gasteiger partial charge in [0.1, 0.15) is 6.04 Å². The Bertz CT molecular complexity index is 422. The number of amides is 1. The van der Waals surface area contributed by atoms with E-state index >= 15 is 0 Å². The van der Waals surface area contributed by atoms with E-state index in [-0.39, 0.29) is 6.54 Å². The topological polar surface area (TPSA) is 102 Å². The zero-order valence-electron chi connectivity index (χ0n) is 11.3. The number of carboxylic acid groups (broad SMARTS) is 1. The monoisotopic (exact) mass is 280 g/mol. The average Bonchev–Trinajstić information content (AvgIpc) is 3.03. The van der Waals surface area contributed by atoms with Crippen molar-refractivity contribution in [1.82, 2.24) is 5.32 Å². The highest BCUT2D eigenvalue weighted by molar-refractivity contribution is 5.75. The smallest absolute Gasteiger partial charge is 0.407 e. The van der Waals surface area contributed by atoms with E-state index in [2.05, 4.69) is 17.2 Å². The molecule has 20 heavy (non-hydrogen) atoms. The fourth-order valence-corrected chi connectivity index (χ4v) is 2.79. The van der Waals surface area contributed by atoms with Crippen molar-refractivity contribution in [2.24, 2.45) is 23.5 Å². The second kappa shape index (κ2) is 6.62. The van der Waals surface area contributed by atoms with Crippen LogP contribution in [0.5, 0.6) is 0 Å². The Morgan fingerprint density at radius 3 is 2.45 bits per heavy atom. The van der Waals surface area contributed by atoms with Crippen molar-refractivity contribution >= 4 is 12.1 Å². The third-order valence-electron chi connectivity index (χ3n) is 4.03. The number of rotatable bonds is 5. The zero-order valence-corrected chi connectivity index (χ0v) is 11.3. The minimum atomic E-state index is -1.15. The van der Waals surface area contributed by atoms with E-state index < -0.39 is 18.1 Å². The lowest BCUT2D eigenvalue weighted by molar-refractivity contribution is -0.138. The maximum absolute atomic E-state index is 11.4. The Balaban J connectivity index is 1.64. The van der Waals surface area contributed by atoms with E-state index in [1.54, 1.807) is 0 Å². The van der Waals surface area contributed by atoms with Crippen molar-refractivity contribution in [2.75, 3.05) is 13.2 Å². The van der Waals surface area contributed by atoms with E-state index in [1.807, 2.05) is 0 Å². The molecule has 6 heteroatoms. The molecule has 2 aliphatic carbocycles. The molecule has 0 aromatic carbocycles. The van der Waals surface area contributed by atoms with Crippen LogP contribution < -0.4 is 11.1 Å². The van der Waals surface area contributed by atoms with Gasteiger partial charge in [0.15, 0.2) is 0 Å². The van der Waals surface area contributed by atoms with Gasteiger partial charge in [-0.15, -0.1) is 11.8 Å². The molecule has 1 amide bonds. The molecular weight excluding hydrogens is 260 g/mol. The zero-order chi connectivity index (χ0) is 14.5. The lowest BCUT2D eigenvalue weighted by Crippen LogP contribution is -2.42. The van der Waals surface area contributed by atoms with Crippen LogP contribution in [0.4, 0.5) is 4.79 Å². The molecule has 2 aliphatic rings. The summed E-state index contributed by atoms with van der Waals surface area (Å²) in [6.07, 6.45) is 3.42. The third-order valence-corrected chi connectivity index (χ3v) is 4.03. The number of carboxylic acids is 1. The number of hydrogen-bond donors (Lipinski definition) is 3. The summed E-state index contributed by atoms with van der Waals surface area (Å²) in [6, 6.07) is -1.10. The molecule has 0 aromatic heterocycles. The Labute approximate surface area is 118 Å². The average molecular weight is 280 g/mol. The minimum Gasteiger partial charge on any atom is -0.480 e. The van der Waals surface area contributed by atoms with Crippen LogP contribution in [0.2, 0.25) is 0 Å². The fourth-order valence-electron chi connectivity index (χ4n) is 2.79. The predicted octanol–water partition coefficient (Wildman–Crippen LogP) is 0.564. The van der Waals surface area contributed by atoms with Gasteiger partial charge in [-0.25, -0.2) is 4.79 Å². The number of hydrogen-bond acceptors (Lipinski definition) is 4. The first kappa shape index (κ1) is 14.7. The number of nitrogens with two attached hydrogens (primary N) is 1. The molecule has 1 saturated carbocycles. The molecule has 0 saturated heterocycles. The second-order valence-corrected chi connectivity index (χ2v) is 5.35. The van der Waals surface area contributed by atoms with Gasteiger partial charge in [0.05, 0.1) is 6.61 Å². The molecule has 0 bridgehead atoms. The quantitative estimate of drug-likeness (QED) is 0.639. The van der Waals surface area contributed by atoms with Gasteiger partial charge in [-0.1, -0.05) is 0 Å². The Morgan fingerprint density at radius 2 is 1.90 bits per heavy atom. The van der Waals surface area contributed by atoms with Gasteiger partial charge in [0, 0.05) is 19.4 Å². The molecule has 6 nitrogen and oxygen atoms in total. The summed E-state index contributed by atoms with van der Waals surface area (Å²) < 4.78 is 5.13. The fraction of sp³-hybridized carbons (Fsp3) is 0.714. The molecule has 0 aliphatic heterocycles. The van der Waals surface area contributed by atoms with Gasteiger partial charge in [-0.05, 0) is 30.6 Å². The summed E-state index contributed by atoms with van der Waals surface area (Å²) in [5, 5.41) is 10.9. The van der Waals surface area contributed by atoms with E-state index in [0.717, 1.165) is 25.7 Å². The van der Waals surface area contributed by atoms with Crippen LogP contribution in [0, 0.1) is 29.6 Å². The summed E-state index contributed by atoms with van der Waals surface area (Å²) in [4.78, 5) is 21.9. The molecule has 0 spiro atoms. The van der Waals surface area contributed by atoms with E-state index in [0.29, 0.717) is 24.4 Å². The number of carbonyl (C=O) groups excluding carboxylic acids is 1. The lowest BCUT2D eigenvalue weighted by atomic mass is 10.1. The number of aliphatic carboxylic acids is 1. The Morgan fingerprint density at radius 1 is 1.30 bits per heavy atom. The molecule has 0 aromatic rings. The number of carbonyl (C=O) groups is 2. The van der Waals surface area contributed by atoms with Crippen LogP contribution in [-0.4, -0.2) is 36.4 Å². The van der Waals surface area contributed by atoms with Gasteiger partial charge in [-0.2, -0.15) is 0 Å². The van der Waals surface area contributed by atoms with Gasteiger partial charge < -0.3 is 20.9 Å². The number of alkyl carbamates (subject to hydrolysis) is 1. The van der Waals surface area contributed by atoms with Crippen molar-refractivity contribution < 1.29 is 19.4 Å². The summed E-state index contributed by atoms with van der Waals surface area (Å²) >= 11 is 0. The van der Waals surface area contributed by atoms with Crippen molar-refractivity contribution in [1.29, 1.82) is 0 Å². The van der Waals surface area contributed by atoms with Crippen LogP contribution in [0.3, 0.4) is 0 Å². The van der Waals surface area contributed by atoms with Crippen LogP contribution in [0.25, 0.3) is 0 Å². The number of ether oxygens (including phenoxy) is 1. The van der Waals surface area contributed by atoms with Crippen molar-refractivity contribution in [3.8, 4) is 11.8 Å². The van der Waals surface area contributed by atoms with Gasteiger partial charge >= 0.3 is 12.1 Å². The molecule has 1 unspecified atom stereocenters. The summed E-state index contributed by atoms with van der Waals surface area (Å²) in [7, 11) is 0. The first-order valence-corrected chi connectivity index (χ1v) is 6.94. The van der Waals surface area contributed by atoms with Crippen molar-refractivity contribution in [2.45, 2.75) is 31.7 Å². The summed E-state index contributed by atoms with van der Waals surface area (Å²) in [5.74, 6) is 6.79. The first-order chi connectivity index (χ1) is 9.59. The first-order valence-electron chi connectivity index (χ1n) is 6.94. The lowest BCUT2D eigenvalue weighted by Gasteiger charge is -2.09. The van der Waals surface area contributed by atoms with Gasteiger partial charge in [0.2, 0.25) is 0 Å². The molecule has 4 atom stereocenters. The SMILES string of the molecule is N[C@H](CNC(=O)OCC1[C@H]2CCC#CCC[C@@H]12)C(=O)O. The molecule has 2 rings (SSSR count). The summed E-state index contributed by atoms with van der Waals surface area (Å²) in [5.41, 5.74) is 5.28. The van der Waals surface area contributed by atoms with Gasteiger partial charge in [-0.3, -0.25) is 4.79 Å². The van der Waals surface area contributed by atoms with Gasteiger partial charge in [0.25, 0.3) is 0 Å². The van der Waals surface area contributed by atoms with Crippen molar-refractivity contribution in [3.05, 3.63) is 0 Å². The third kappa shape index (κ3) is 3.87. The molecule has 0 heterocycles. The maximum atomic E-state index is 11.4. The van der Waals surface area contributed by atoms with Crippen LogP contribution >= 0.6 is 0 Å². The second-order valence-electron chi connectivity index (χ2n) is 5.35. The van der Waals surface area contributed by atoms with Crippen LogP contribution in [-0.2, 0) is 9.53 Å². The van der Waals surface area contributed by atoms with E-state index in [4.69, 9.17) is 15.6 Å². The predicted molar refractivity (Wildman–Crippen MR) is 71.7 cm³/mol. The number of fused-ring (bicyclic) bond motifs is 1. The van der Waals surface area contributed by atoms with Crippen LogP contribution in [0.15, 0.2) is 0 Å². The standard InChI is InChI=1S/C14H20N2O4/c15-12(13(17)18)7-16-14(19)20-8-11-9-5-3-1-2-4-6-10(9)11/h9-12H,3-8,15H2,(H,16,19)(H,17,18)/t9-,10+,11?,12-/m1/s1. The molecular formula is C14H20N2O4. The minimum absolute atomic E-state index is 0.125. The Kier molecular flexibility index (Phi) is 4.85.